The van der Waals surface area contributed by atoms with E-state index < -0.39 is 0 Å². The maximum Gasteiger partial charge on any atom is 0.0913 e. The summed E-state index contributed by atoms with van der Waals surface area (Å²) in [6.07, 6.45) is 10.1. The first kappa shape index (κ1) is 9.36. The quantitative estimate of drug-likeness (QED) is 0.672. The lowest BCUT2D eigenvalue weighted by atomic mass is 9.95. The van der Waals surface area contributed by atoms with Crippen LogP contribution in [-0.4, -0.2) is 9.67 Å². The van der Waals surface area contributed by atoms with Crippen molar-refractivity contribution in [3.63, 3.8) is 0 Å². The van der Waals surface area contributed by atoms with Crippen molar-refractivity contribution in [2.45, 2.75) is 38.3 Å². The van der Waals surface area contributed by atoms with Crippen LogP contribution in [0, 0.1) is 12.3 Å². The smallest absolute Gasteiger partial charge is 0.0913 e. The fraction of sp³-hybridized carbons (Fsp3) is 0.500. The van der Waals surface area contributed by atoms with Crippen molar-refractivity contribution in [1.82, 2.24) is 4.57 Å². The van der Waals surface area contributed by atoms with E-state index in [4.69, 9.17) is 6.42 Å². The van der Waals surface area contributed by atoms with E-state index in [0.29, 0.717) is 0 Å². The molecule has 1 N–H and O–H groups in total. The summed E-state index contributed by atoms with van der Waals surface area (Å²) >= 11 is 0. The van der Waals surface area contributed by atoms with Crippen LogP contribution in [0.2, 0.25) is 0 Å². The fourth-order valence-electron chi connectivity index (χ4n) is 2.13. The lowest BCUT2D eigenvalue weighted by Gasteiger charge is -2.21. The molecule has 2 unspecified atom stereocenters. The van der Waals surface area contributed by atoms with Gasteiger partial charge in [0.05, 0.1) is 12.1 Å². The Morgan fingerprint density at radius 2 is 2.50 bits per heavy atom. The van der Waals surface area contributed by atoms with Gasteiger partial charge in [-0.1, -0.05) is 5.92 Å². The molecule has 0 aromatic carbocycles. The summed E-state index contributed by atoms with van der Waals surface area (Å²) in [7, 11) is 0. The van der Waals surface area contributed by atoms with Crippen LogP contribution in [0.25, 0.3) is 0 Å². The van der Waals surface area contributed by atoms with Gasteiger partial charge in [0, 0.05) is 17.5 Å². The zero-order chi connectivity index (χ0) is 10.1. The summed E-state index contributed by atoms with van der Waals surface area (Å²) in [6, 6.07) is 2.08. The number of aliphatic hydroxyl groups is 1. The number of hydrogen-bond acceptors (Lipinski definition) is 1. The van der Waals surface area contributed by atoms with E-state index in [2.05, 4.69) is 10.5 Å². The Morgan fingerprint density at radius 3 is 3.21 bits per heavy atom. The molecule has 0 amide bonds. The summed E-state index contributed by atoms with van der Waals surface area (Å²) in [5, 5.41) is 9.76. The zero-order valence-electron chi connectivity index (χ0n) is 8.40. The molecule has 1 aromatic rings. The molecule has 1 aliphatic rings. The number of rotatable bonds is 1. The standard InChI is InChI=1S/C12H15NO/c1-3-9(2)13-8-7-10-11(13)5-4-6-12(10)14/h1,7-9,12,14H,4-6H2,2H3. The summed E-state index contributed by atoms with van der Waals surface area (Å²) in [6.45, 7) is 2.00. The minimum absolute atomic E-state index is 0.0871. The van der Waals surface area contributed by atoms with Crippen LogP contribution in [-0.2, 0) is 6.42 Å². The van der Waals surface area contributed by atoms with Crippen LogP contribution in [0.15, 0.2) is 12.3 Å². The van der Waals surface area contributed by atoms with Crippen molar-refractivity contribution in [3.05, 3.63) is 23.5 Å². The van der Waals surface area contributed by atoms with Crippen LogP contribution in [0.4, 0.5) is 0 Å². The van der Waals surface area contributed by atoms with E-state index >= 15 is 0 Å². The Morgan fingerprint density at radius 1 is 1.71 bits per heavy atom. The lowest BCUT2D eigenvalue weighted by molar-refractivity contribution is 0.155. The van der Waals surface area contributed by atoms with E-state index in [9.17, 15) is 5.11 Å². The average Bonchev–Trinajstić information content (AvgIpc) is 2.62. The molecule has 0 saturated carbocycles. The van der Waals surface area contributed by atoms with E-state index in [1.165, 1.54) is 5.69 Å². The van der Waals surface area contributed by atoms with Crippen molar-refractivity contribution in [2.75, 3.05) is 0 Å². The summed E-state index contributed by atoms with van der Waals surface area (Å²) < 4.78 is 2.09. The predicted octanol–water partition coefficient (Wildman–Crippen LogP) is 2.05. The monoisotopic (exact) mass is 189 g/mol. The minimum atomic E-state index is -0.287. The van der Waals surface area contributed by atoms with Crippen LogP contribution >= 0.6 is 0 Å². The third-order valence-electron chi connectivity index (χ3n) is 2.97. The summed E-state index contributed by atoms with van der Waals surface area (Å²) in [5.74, 6) is 2.71. The van der Waals surface area contributed by atoms with Gasteiger partial charge in [0.25, 0.3) is 0 Å². The maximum atomic E-state index is 9.76. The van der Waals surface area contributed by atoms with Gasteiger partial charge in [-0.2, -0.15) is 0 Å². The first-order valence-electron chi connectivity index (χ1n) is 5.08. The highest BCUT2D eigenvalue weighted by Crippen LogP contribution is 2.31. The maximum absolute atomic E-state index is 9.76. The highest BCUT2D eigenvalue weighted by atomic mass is 16.3. The van der Waals surface area contributed by atoms with E-state index in [-0.39, 0.29) is 12.1 Å². The minimum Gasteiger partial charge on any atom is -0.388 e. The molecule has 0 spiro atoms. The Bertz CT molecular complexity index is 372. The molecule has 2 rings (SSSR count). The SMILES string of the molecule is C#CC(C)n1ccc2c1CCCC2O. The second kappa shape index (κ2) is 3.51. The number of aliphatic hydroxyl groups excluding tert-OH is 1. The Balaban J connectivity index is 2.41. The molecule has 0 radical (unpaired) electrons. The summed E-state index contributed by atoms with van der Waals surface area (Å²) in [5.41, 5.74) is 2.28. The lowest BCUT2D eigenvalue weighted by Crippen LogP contribution is -2.13. The van der Waals surface area contributed by atoms with E-state index in [0.717, 1.165) is 24.8 Å². The van der Waals surface area contributed by atoms with Crippen molar-refractivity contribution in [1.29, 1.82) is 0 Å². The molecule has 1 heterocycles. The second-order valence-electron chi connectivity index (χ2n) is 3.88. The summed E-state index contributed by atoms with van der Waals surface area (Å²) in [4.78, 5) is 0. The van der Waals surface area contributed by atoms with Gasteiger partial charge in [0.1, 0.15) is 0 Å². The first-order valence-corrected chi connectivity index (χ1v) is 5.08. The first-order chi connectivity index (χ1) is 6.74. The predicted molar refractivity (Wildman–Crippen MR) is 55.9 cm³/mol. The fourth-order valence-corrected chi connectivity index (χ4v) is 2.13. The molecular formula is C12H15NO. The van der Waals surface area contributed by atoms with Gasteiger partial charge in [-0.05, 0) is 32.3 Å². The normalized spacial score (nSPS) is 22.5. The van der Waals surface area contributed by atoms with Crippen LogP contribution in [0.1, 0.15) is 43.2 Å². The highest BCUT2D eigenvalue weighted by molar-refractivity contribution is 5.28. The Hall–Kier alpha value is -1.20. The number of terminal acetylenes is 1. The number of hydrogen-bond donors (Lipinski definition) is 1. The van der Waals surface area contributed by atoms with Crippen LogP contribution in [0.5, 0.6) is 0 Å². The van der Waals surface area contributed by atoms with Crippen molar-refractivity contribution in [3.8, 4) is 12.3 Å². The van der Waals surface area contributed by atoms with Crippen molar-refractivity contribution < 1.29 is 5.11 Å². The number of nitrogens with zero attached hydrogens (tertiary/aromatic N) is 1. The van der Waals surface area contributed by atoms with Gasteiger partial charge in [0.2, 0.25) is 0 Å². The molecule has 2 atom stereocenters. The molecule has 0 fully saturated rings. The van der Waals surface area contributed by atoms with Crippen molar-refractivity contribution in [2.24, 2.45) is 0 Å². The Kier molecular flexibility index (Phi) is 2.35. The molecule has 1 aromatic heterocycles. The van der Waals surface area contributed by atoms with Crippen molar-refractivity contribution >= 4 is 0 Å². The molecular weight excluding hydrogens is 174 g/mol. The molecule has 0 saturated heterocycles. The van der Waals surface area contributed by atoms with Gasteiger partial charge in [-0.15, -0.1) is 6.42 Å². The third-order valence-corrected chi connectivity index (χ3v) is 2.97. The van der Waals surface area contributed by atoms with Gasteiger partial charge in [-0.3, -0.25) is 0 Å². The number of aromatic nitrogens is 1. The molecule has 2 heteroatoms. The molecule has 0 aliphatic heterocycles. The third kappa shape index (κ3) is 1.34. The highest BCUT2D eigenvalue weighted by Gasteiger charge is 2.22. The van der Waals surface area contributed by atoms with Gasteiger partial charge in [0.15, 0.2) is 0 Å². The second-order valence-corrected chi connectivity index (χ2v) is 3.88. The van der Waals surface area contributed by atoms with Crippen LogP contribution in [0.3, 0.4) is 0 Å². The molecule has 2 nitrogen and oxygen atoms in total. The molecule has 1 aliphatic carbocycles. The van der Waals surface area contributed by atoms with Gasteiger partial charge >= 0.3 is 0 Å². The molecule has 14 heavy (non-hydrogen) atoms. The van der Waals surface area contributed by atoms with Gasteiger partial charge < -0.3 is 9.67 Å². The Labute approximate surface area is 84.6 Å². The number of fused-ring (bicyclic) bond motifs is 1. The largest absolute Gasteiger partial charge is 0.388 e. The molecule has 0 bridgehead atoms. The van der Waals surface area contributed by atoms with Crippen LogP contribution < -0.4 is 0 Å². The topological polar surface area (TPSA) is 25.2 Å². The average molecular weight is 189 g/mol. The van der Waals surface area contributed by atoms with E-state index in [1.807, 2.05) is 19.2 Å². The zero-order valence-corrected chi connectivity index (χ0v) is 8.40. The van der Waals surface area contributed by atoms with Gasteiger partial charge in [-0.25, -0.2) is 0 Å². The van der Waals surface area contributed by atoms with E-state index in [1.54, 1.807) is 0 Å². The molecule has 74 valence electrons.